The summed E-state index contributed by atoms with van der Waals surface area (Å²) >= 11 is 6.45. The molecule has 6 heteroatoms. The Labute approximate surface area is 135 Å². The van der Waals surface area contributed by atoms with Crippen LogP contribution in [-0.4, -0.2) is 22.1 Å². The van der Waals surface area contributed by atoms with Crippen molar-refractivity contribution in [1.82, 2.24) is 20.3 Å². The number of hydrogen-bond acceptors (Lipinski definition) is 4. The van der Waals surface area contributed by atoms with Gasteiger partial charge < -0.3 is 10.1 Å². The minimum atomic E-state index is 0.234. The fraction of sp³-hybridized carbons (Fsp3) is 0.500. The molecule has 0 saturated heterocycles. The lowest BCUT2D eigenvalue weighted by atomic mass is 9.87. The predicted octanol–water partition coefficient (Wildman–Crippen LogP) is 3.13. The minimum absolute atomic E-state index is 0.234. The highest BCUT2D eigenvalue weighted by atomic mass is 35.5. The van der Waals surface area contributed by atoms with Crippen LogP contribution in [0.1, 0.15) is 42.6 Å². The third-order valence-corrected chi connectivity index (χ3v) is 4.52. The topological polar surface area (TPSA) is 52.0 Å². The second-order valence-corrected chi connectivity index (χ2v) is 5.94. The Hall–Kier alpha value is -1.59. The number of ether oxygens (including phenoxy) is 1. The van der Waals surface area contributed by atoms with Crippen molar-refractivity contribution in [2.24, 2.45) is 0 Å². The predicted molar refractivity (Wildman–Crippen MR) is 86.2 cm³/mol. The molecule has 1 aliphatic rings. The number of aromatic nitrogens is 3. The van der Waals surface area contributed by atoms with Gasteiger partial charge >= 0.3 is 0 Å². The van der Waals surface area contributed by atoms with Gasteiger partial charge in [0.2, 0.25) is 0 Å². The molecule has 1 unspecified atom stereocenters. The lowest BCUT2D eigenvalue weighted by Gasteiger charge is -2.28. The fourth-order valence-electron chi connectivity index (χ4n) is 3.08. The lowest BCUT2D eigenvalue weighted by molar-refractivity contribution is 0.395. The highest BCUT2D eigenvalue weighted by Gasteiger charge is 2.25. The van der Waals surface area contributed by atoms with Crippen LogP contribution in [0.4, 0.5) is 0 Å². The smallest absolute Gasteiger partial charge is 0.122 e. The molecule has 5 nitrogen and oxygen atoms in total. The Balaban J connectivity index is 1.79. The van der Waals surface area contributed by atoms with E-state index < -0.39 is 0 Å². The average molecular weight is 321 g/mol. The van der Waals surface area contributed by atoms with Crippen molar-refractivity contribution in [3.63, 3.8) is 0 Å². The van der Waals surface area contributed by atoms with Crippen molar-refractivity contribution < 1.29 is 4.74 Å². The van der Waals surface area contributed by atoms with Gasteiger partial charge in [0.25, 0.3) is 0 Å². The fourth-order valence-corrected chi connectivity index (χ4v) is 3.38. The van der Waals surface area contributed by atoms with E-state index in [0.717, 1.165) is 42.3 Å². The SMILES string of the molecule is CCn1cc(CNC2CCCc3c(OC)ccc(Cl)c32)nn1. The van der Waals surface area contributed by atoms with Crippen LogP contribution in [0.5, 0.6) is 5.75 Å². The van der Waals surface area contributed by atoms with E-state index in [1.807, 2.05) is 23.0 Å². The van der Waals surface area contributed by atoms with Crippen LogP contribution >= 0.6 is 11.6 Å². The summed E-state index contributed by atoms with van der Waals surface area (Å²) in [6, 6.07) is 4.11. The molecule has 1 aliphatic carbocycles. The van der Waals surface area contributed by atoms with Crippen molar-refractivity contribution >= 4 is 11.6 Å². The number of benzene rings is 1. The number of rotatable bonds is 5. The molecule has 2 aromatic rings. The van der Waals surface area contributed by atoms with E-state index in [2.05, 4.69) is 22.6 Å². The Morgan fingerprint density at radius 3 is 3.05 bits per heavy atom. The molecule has 0 spiro atoms. The Bertz CT molecular complexity index is 656. The Morgan fingerprint density at radius 2 is 2.32 bits per heavy atom. The Morgan fingerprint density at radius 1 is 1.45 bits per heavy atom. The quantitative estimate of drug-likeness (QED) is 0.919. The number of fused-ring (bicyclic) bond motifs is 1. The number of nitrogens with zero attached hydrogens (tertiary/aromatic N) is 3. The van der Waals surface area contributed by atoms with Crippen LogP contribution in [0.3, 0.4) is 0 Å². The van der Waals surface area contributed by atoms with Gasteiger partial charge in [0, 0.05) is 35.9 Å². The first-order valence-electron chi connectivity index (χ1n) is 7.70. The third kappa shape index (κ3) is 2.96. The largest absolute Gasteiger partial charge is 0.496 e. The normalized spacial score (nSPS) is 17.3. The summed E-state index contributed by atoms with van der Waals surface area (Å²) in [7, 11) is 1.71. The third-order valence-electron chi connectivity index (χ3n) is 4.19. The van der Waals surface area contributed by atoms with E-state index >= 15 is 0 Å². The first-order chi connectivity index (χ1) is 10.7. The van der Waals surface area contributed by atoms with Gasteiger partial charge in [-0.15, -0.1) is 5.10 Å². The van der Waals surface area contributed by atoms with Gasteiger partial charge in [-0.25, -0.2) is 0 Å². The molecule has 3 rings (SSSR count). The van der Waals surface area contributed by atoms with Crippen LogP contribution in [-0.2, 0) is 19.5 Å². The van der Waals surface area contributed by atoms with Crippen LogP contribution in [0.25, 0.3) is 0 Å². The Kier molecular flexibility index (Phi) is 4.64. The standard InChI is InChI=1S/C16H21ClN4O/c1-3-21-10-11(19-20-21)9-18-14-6-4-5-12-15(22-2)8-7-13(17)16(12)14/h7-8,10,14,18H,3-6,9H2,1-2H3. The highest BCUT2D eigenvalue weighted by Crippen LogP contribution is 2.39. The van der Waals surface area contributed by atoms with E-state index in [0.29, 0.717) is 6.54 Å². The molecule has 0 aliphatic heterocycles. The van der Waals surface area contributed by atoms with Gasteiger partial charge in [0.15, 0.2) is 0 Å². The molecule has 0 amide bonds. The van der Waals surface area contributed by atoms with Gasteiger partial charge in [0.1, 0.15) is 5.75 Å². The lowest BCUT2D eigenvalue weighted by Crippen LogP contribution is -2.25. The molecule has 1 aromatic carbocycles. The summed E-state index contributed by atoms with van der Waals surface area (Å²) in [5, 5.41) is 12.6. The van der Waals surface area contributed by atoms with E-state index in [4.69, 9.17) is 16.3 Å². The summed E-state index contributed by atoms with van der Waals surface area (Å²) in [5.41, 5.74) is 3.36. The molecule has 22 heavy (non-hydrogen) atoms. The summed E-state index contributed by atoms with van der Waals surface area (Å²) in [4.78, 5) is 0. The second-order valence-electron chi connectivity index (χ2n) is 5.53. The van der Waals surface area contributed by atoms with Crippen LogP contribution < -0.4 is 10.1 Å². The second kappa shape index (κ2) is 6.67. The number of methoxy groups -OCH3 is 1. The summed E-state index contributed by atoms with van der Waals surface area (Å²) < 4.78 is 7.32. The molecule has 0 fully saturated rings. The number of halogens is 1. The molecule has 118 valence electrons. The van der Waals surface area contributed by atoms with Crippen molar-refractivity contribution in [2.75, 3.05) is 7.11 Å². The molecule has 0 bridgehead atoms. The van der Waals surface area contributed by atoms with Gasteiger partial charge in [-0.3, -0.25) is 4.68 Å². The molecule has 1 atom stereocenters. The first-order valence-corrected chi connectivity index (χ1v) is 8.08. The maximum atomic E-state index is 6.45. The van der Waals surface area contributed by atoms with Crippen molar-refractivity contribution in [1.29, 1.82) is 0 Å². The van der Waals surface area contributed by atoms with E-state index in [1.54, 1.807) is 7.11 Å². The van der Waals surface area contributed by atoms with Gasteiger partial charge in [-0.05, 0) is 43.9 Å². The number of aryl methyl sites for hydroxylation is 1. The van der Waals surface area contributed by atoms with Crippen LogP contribution in [0.15, 0.2) is 18.3 Å². The molecule has 1 heterocycles. The summed E-state index contributed by atoms with van der Waals surface area (Å²) in [5.74, 6) is 0.933. The molecule has 1 N–H and O–H groups in total. The van der Waals surface area contributed by atoms with E-state index in [9.17, 15) is 0 Å². The van der Waals surface area contributed by atoms with Crippen molar-refractivity contribution in [3.8, 4) is 5.75 Å². The maximum Gasteiger partial charge on any atom is 0.122 e. The zero-order valence-corrected chi connectivity index (χ0v) is 13.7. The molecule has 0 saturated carbocycles. The maximum absolute atomic E-state index is 6.45. The average Bonchev–Trinajstić information content (AvgIpc) is 3.01. The highest BCUT2D eigenvalue weighted by molar-refractivity contribution is 6.31. The van der Waals surface area contributed by atoms with Gasteiger partial charge in [-0.1, -0.05) is 16.8 Å². The van der Waals surface area contributed by atoms with Crippen LogP contribution in [0, 0.1) is 0 Å². The van der Waals surface area contributed by atoms with Crippen molar-refractivity contribution in [2.45, 2.75) is 45.3 Å². The minimum Gasteiger partial charge on any atom is -0.496 e. The molecule has 0 radical (unpaired) electrons. The summed E-state index contributed by atoms with van der Waals surface area (Å²) in [6.07, 6.45) is 5.19. The van der Waals surface area contributed by atoms with Crippen LogP contribution in [0.2, 0.25) is 5.02 Å². The molecular weight excluding hydrogens is 300 g/mol. The zero-order valence-electron chi connectivity index (χ0n) is 13.0. The van der Waals surface area contributed by atoms with Gasteiger partial charge in [0.05, 0.1) is 12.8 Å². The van der Waals surface area contributed by atoms with E-state index in [-0.39, 0.29) is 6.04 Å². The zero-order chi connectivity index (χ0) is 15.5. The monoisotopic (exact) mass is 320 g/mol. The summed E-state index contributed by atoms with van der Waals surface area (Å²) in [6.45, 7) is 3.58. The molecule has 1 aromatic heterocycles. The van der Waals surface area contributed by atoms with E-state index in [1.165, 1.54) is 11.1 Å². The number of hydrogen-bond donors (Lipinski definition) is 1. The van der Waals surface area contributed by atoms with Crippen molar-refractivity contribution in [3.05, 3.63) is 40.2 Å². The first kappa shape index (κ1) is 15.3. The molecular formula is C16H21ClN4O. The number of nitrogens with one attached hydrogen (secondary N) is 1. The van der Waals surface area contributed by atoms with Gasteiger partial charge in [-0.2, -0.15) is 0 Å².